The number of nitrogens with zero attached hydrogens (tertiary/aromatic N) is 3. The third kappa shape index (κ3) is 4.79. The fourth-order valence-corrected chi connectivity index (χ4v) is 3.73. The molecule has 0 aliphatic heterocycles. The Kier molecular flexibility index (Phi) is 7.23. The predicted molar refractivity (Wildman–Crippen MR) is 121 cm³/mol. The molecule has 2 aromatic heterocycles. The van der Waals surface area contributed by atoms with Gasteiger partial charge in [-0.1, -0.05) is 12.1 Å². The van der Waals surface area contributed by atoms with E-state index in [0.717, 1.165) is 22.6 Å². The molecule has 0 fully saturated rings. The second kappa shape index (κ2) is 10.1. The van der Waals surface area contributed by atoms with Crippen molar-refractivity contribution in [1.82, 2.24) is 9.47 Å². The van der Waals surface area contributed by atoms with Gasteiger partial charge in [0, 0.05) is 17.8 Å². The number of hydrogen-bond donors (Lipinski definition) is 1. The molecule has 0 atom stereocenters. The average Bonchev–Trinajstić information content (AvgIpc) is 3.36. The van der Waals surface area contributed by atoms with Crippen LogP contribution in [0.15, 0.2) is 41.0 Å². The van der Waals surface area contributed by atoms with Gasteiger partial charge in [0.2, 0.25) is 5.91 Å². The first kappa shape index (κ1) is 23.0. The Bertz CT molecular complexity index is 1130. The maximum Gasteiger partial charge on any atom is 0.239 e. The van der Waals surface area contributed by atoms with Crippen LogP contribution in [0.2, 0.25) is 0 Å². The van der Waals surface area contributed by atoms with Crippen LogP contribution in [0, 0.1) is 25.2 Å². The molecule has 1 N–H and O–H groups in total. The Morgan fingerprint density at radius 3 is 2.62 bits per heavy atom. The summed E-state index contributed by atoms with van der Waals surface area (Å²) >= 11 is 0. The molecule has 1 aromatic carbocycles. The topological polar surface area (TPSA) is 92.7 Å². The summed E-state index contributed by atoms with van der Waals surface area (Å²) in [6.07, 6.45) is 1.60. The number of carbonyl (C=O) groups is 1. The van der Waals surface area contributed by atoms with E-state index < -0.39 is 0 Å². The van der Waals surface area contributed by atoms with Crippen molar-refractivity contribution in [3.8, 4) is 17.6 Å². The van der Waals surface area contributed by atoms with Crippen molar-refractivity contribution >= 4 is 11.7 Å². The monoisotopic (exact) mass is 436 g/mol. The molecule has 8 nitrogen and oxygen atoms in total. The highest BCUT2D eigenvalue weighted by atomic mass is 16.5. The van der Waals surface area contributed by atoms with E-state index in [0.29, 0.717) is 36.0 Å². The molecular weight excluding hydrogens is 408 g/mol. The van der Waals surface area contributed by atoms with Crippen LogP contribution in [0.25, 0.3) is 0 Å². The zero-order valence-corrected chi connectivity index (χ0v) is 19.1. The number of methoxy groups -OCH3 is 2. The number of hydrogen-bond acceptors (Lipinski definition) is 6. The minimum Gasteiger partial charge on any atom is -0.493 e. The Labute approximate surface area is 187 Å². The number of para-hydroxylation sites is 1. The Balaban J connectivity index is 1.76. The minimum atomic E-state index is -0.218. The van der Waals surface area contributed by atoms with E-state index in [4.69, 9.17) is 13.9 Å². The third-order valence-corrected chi connectivity index (χ3v) is 5.43. The highest BCUT2D eigenvalue weighted by molar-refractivity contribution is 5.93. The first-order chi connectivity index (χ1) is 15.4. The molecule has 0 aliphatic carbocycles. The first-order valence-electron chi connectivity index (χ1n) is 10.2. The van der Waals surface area contributed by atoms with Crippen molar-refractivity contribution < 1.29 is 18.7 Å². The van der Waals surface area contributed by atoms with E-state index >= 15 is 0 Å². The fraction of sp³-hybridized carbons (Fsp3) is 0.333. The van der Waals surface area contributed by atoms with Crippen LogP contribution in [-0.2, 0) is 17.9 Å². The van der Waals surface area contributed by atoms with Crippen molar-refractivity contribution in [2.75, 3.05) is 33.1 Å². The summed E-state index contributed by atoms with van der Waals surface area (Å²) in [6, 6.07) is 11.5. The summed E-state index contributed by atoms with van der Waals surface area (Å²) in [7, 11) is 5.03. The zero-order chi connectivity index (χ0) is 23.3. The van der Waals surface area contributed by atoms with Crippen molar-refractivity contribution in [1.29, 1.82) is 5.26 Å². The van der Waals surface area contributed by atoms with Crippen molar-refractivity contribution in [3.63, 3.8) is 0 Å². The van der Waals surface area contributed by atoms with Gasteiger partial charge in [0.05, 0.1) is 39.1 Å². The van der Waals surface area contributed by atoms with Gasteiger partial charge in [-0.3, -0.25) is 9.69 Å². The number of ether oxygens (including phenoxy) is 2. The molecule has 3 aromatic rings. The quantitative estimate of drug-likeness (QED) is 0.550. The van der Waals surface area contributed by atoms with Gasteiger partial charge in [0.25, 0.3) is 0 Å². The van der Waals surface area contributed by atoms with E-state index in [1.165, 1.54) is 0 Å². The highest BCUT2D eigenvalue weighted by Gasteiger charge is 2.21. The molecule has 0 unspecified atom stereocenters. The number of nitriles is 1. The van der Waals surface area contributed by atoms with Gasteiger partial charge in [-0.15, -0.1) is 0 Å². The summed E-state index contributed by atoms with van der Waals surface area (Å²) in [6.45, 7) is 4.85. The van der Waals surface area contributed by atoms with Crippen LogP contribution in [0.1, 0.15) is 28.1 Å². The first-order valence-corrected chi connectivity index (χ1v) is 10.2. The number of likely N-dealkylation sites (N-methyl/N-ethyl adjacent to an activating group) is 1. The SMILES string of the molecule is COc1cccc(CN(C)CC(=O)Nc2c(C#N)c(C)c(C)n2Cc2ccco2)c1OC. The molecule has 0 spiro atoms. The Hall–Kier alpha value is -3.70. The lowest BCUT2D eigenvalue weighted by molar-refractivity contribution is -0.117. The molecule has 2 heterocycles. The van der Waals surface area contributed by atoms with Crippen molar-refractivity contribution in [2.45, 2.75) is 26.9 Å². The maximum absolute atomic E-state index is 12.9. The molecule has 1 amide bonds. The number of aromatic nitrogens is 1. The highest BCUT2D eigenvalue weighted by Crippen LogP contribution is 2.31. The summed E-state index contributed by atoms with van der Waals surface area (Å²) in [5, 5.41) is 12.6. The van der Waals surface area contributed by atoms with Gasteiger partial charge in [-0.25, -0.2) is 0 Å². The van der Waals surface area contributed by atoms with Gasteiger partial charge in [-0.05, 0) is 44.7 Å². The number of carbonyl (C=O) groups excluding carboxylic acids is 1. The van der Waals surface area contributed by atoms with Crippen LogP contribution in [0.3, 0.4) is 0 Å². The largest absolute Gasteiger partial charge is 0.493 e. The maximum atomic E-state index is 12.9. The minimum absolute atomic E-state index is 0.134. The summed E-state index contributed by atoms with van der Waals surface area (Å²) < 4.78 is 18.2. The van der Waals surface area contributed by atoms with Gasteiger partial charge in [0.15, 0.2) is 11.5 Å². The smallest absolute Gasteiger partial charge is 0.239 e. The predicted octanol–water partition coefficient (Wildman–Crippen LogP) is 3.71. The van der Waals surface area contributed by atoms with Crippen LogP contribution in [-0.4, -0.2) is 43.2 Å². The average molecular weight is 437 g/mol. The molecule has 32 heavy (non-hydrogen) atoms. The molecule has 0 radical (unpaired) electrons. The van der Waals surface area contributed by atoms with Crippen molar-refractivity contribution in [3.05, 3.63) is 64.7 Å². The van der Waals surface area contributed by atoms with E-state index in [9.17, 15) is 10.1 Å². The van der Waals surface area contributed by atoms with Gasteiger partial charge in [0.1, 0.15) is 17.6 Å². The molecule has 0 saturated heterocycles. The third-order valence-electron chi connectivity index (χ3n) is 5.43. The van der Waals surface area contributed by atoms with Crippen molar-refractivity contribution in [2.24, 2.45) is 0 Å². The number of furan rings is 1. The fourth-order valence-electron chi connectivity index (χ4n) is 3.73. The van der Waals surface area contributed by atoms with Gasteiger partial charge < -0.3 is 23.8 Å². The number of nitrogens with one attached hydrogen (secondary N) is 1. The van der Waals surface area contributed by atoms with E-state index in [1.807, 2.05) is 60.7 Å². The zero-order valence-electron chi connectivity index (χ0n) is 19.1. The molecule has 8 heteroatoms. The molecule has 0 aliphatic rings. The molecule has 168 valence electrons. The lowest BCUT2D eigenvalue weighted by Crippen LogP contribution is -2.31. The van der Waals surface area contributed by atoms with Gasteiger partial charge in [-0.2, -0.15) is 5.26 Å². The molecular formula is C24H28N4O4. The molecule has 0 bridgehead atoms. The Morgan fingerprint density at radius 2 is 2.00 bits per heavy atom. The van der Waals surface area contributed by atoms with Crippen LogP contribution >= 0.6 is 0 Å². The lowest BCUT2D eigenvalue weighted by Gasteiger charge is -2.19. The van der Waals surface area contributed by atoms with Crippen LogP contribution in [0.4, 0.5) is 5.82 Å². The van der Waals surface area contributed by atoms with E-state index in [2.05, 4.69) is 11.4 Å². The summed E-state index contributed by atoms with van der Waals surface area (Å²) in [5.41, 5.74) is 3.11. The van der Waals surface area contributed by atoms with E-state index in [1.54, 1.807) is 20.5 Å². The summed E-state index contributed by atoms with van der Waals surface area (Å²) in [4.78, 5) is 14.8. The normalized spacial score (nSPS) is 10.8. The second-order valence-corrected chi connectivity index (χ2v) is 7.58. The number of anilines is 1. The van der Waals surface area contributed by atoms with Gasteiger partial charge >= 0.3 is 0 Å². The molecule has 3 rings (SSSR count). The lowest BCUT2D eigenvalue weighted by atomic mass is 10.1. The van der Waals surface area contributed by atoms with Crippen LogP contribution < -0.4 is 14.8 Å². The van der Waals surface area contributed by atoms with E-state index in [-0.39, 0.29) is 12.5 Å². The second-order valence-electron chi connectivity index (χ2n) is 7.58. The summed E-state index contributed by atoms with van der Waals surface area (Å²) in [5.74, 6) is 2.29. The standard InChI is InChI=1S/C24H28N4O4/c1-16-17(2)28(14-19-9-7-11-32-19)24(20(16)12-25)26-22(29)15-27(3)13-18-8-6-10-21(30-4)23(18)31-5/h6-11H,13-15H2,1-5H3,(H,26,29). The Morgan fingerprint density at radius 1 is 1.22 bits per heavy atom. The van der Waals surface area contributed by atoms with Crippen LogP contribution in [0.5, 0.6) is 11.5 Å². The number of amides is 1. The number of benzene rings is 1. The number of rotatable bonds is 9. The molecule has 0 saturated carbocycles.